The van der Waals surface area contributed by atoms with Crippen molar-refractivity contribution in [2.24, 2.45) is 16.8 Å². The van der Waals surface area contributed by atoms with Crippen molar-refractivity contribution < 1.29 is 9.53 Å². The number of nitrogens with one attached hydrogen (secondary N) is 1. The smallest absolute Gasteiger partial charge is 0.245 e. The number of aliphatic imine (C=N–C) groups is 1. The van der Waals surface area contributed by atoms with Gasteiger partial charge in [-0.05, 0) is 51.4 Å². The van der Waals surface area contributed by atoms with E-state index in [0.717, 1.165) is 23.4 Å². The average Bonchev–Trinajstić information content (AvgIpc) is 3.09. The zero-order chi connectivity index (χ0) is 14.0. The van der Waals surface area contributed by atoms with Gasteiger partial charge >= 0.3 is 0 Å². The van der Waals surface area contributed by atoms with Crippen molar-refractivity contribution in [2.75, 3.05) is 6.61 Å². The van der Waals surface area contributed by atoms with Crippen LogP contribution >= 0.6 is 11.8 Å². The van der Waals surface area contributed by atoms with Crippen molar-refractivity contribution in [1.29, 1.82) is 0 Å². The van der Waals surface area contributed by atoms with E-state index >= 15 is 0 Å². The van der Waals surface area contributed by atoms with Gasteiger partial charge in [0.05, 0.1) is 11.6 Å². The van der Waals surface area contributed by atoms with Crippen molar-refractivity contribution in [3.05, 3.63) is 0 Å². The number of rotatable bonds is 1. The third kappa shape index (κ3) is 1.72. The number of hydrogen-bond donors (Lipinski definition) is 1. The molecule has 4 nitrogen and oxygen atoms in total. The van der Waals surface area contributed by atoms with E-state index in [1.165, 1.54) is 25.7 Å². The lowest BCUT2D eigenvalue weighted by atomic mass is 9.89. The second-order valence-electron chi connectivity index (χ2n) is 7.17. The van der Waals surface area contributed by atoms with E-state index in [1.54, 1.807) is 11.8 Å². The number of fused-ring (bicyclic) bond motifs is 2. The number of ether oxygens (including phenoxy) is 1. The molecule has 5 heteroatoms. The van der Waals surface area contributed by atoms with Gasteiger partial charge in [-0.15, -0.1) is 0 Å². The van der Waals surface area contributed by atoms with Crippen LogP contribution in [0.3, 0.4) is 0 Å². The molecule has 2 saturated heterocycles. The Morgan fingerprint density at radius 1 is 1.35 bits per heavy atom. The first-order valence-corrected chi connectivity index (χ1v) is 8.54. The van der Waals surface area contributed by atoms with Crippen molar-refractivity contribution in [3.63, 3.8) is 0 Å². The number of carbonyl (C=O) groups excluding carboxylic acids is 1. The lowest BCUT2D eigenvalue weighted by Crippen LogP contribution is -2.49. The van der Waals surface area contributed by atoms with Gasteiger partial charge < -0.3 is 10.1 Å². The van der Waals surface area contributed by atoms with Gasteiger partial charge in [0.2, 0.25) is 5.91 Å². The van der Waals surface area contributed by atoms with Crippen LogP contribution in [-0.4, -0.2) is 34.1 Å². The van der Waals surface area contributed by atoms with Crippen molar-refractivity contribution in [1.82, 2.24) is 5.32 Å². The second kappa shape index (κ2) is 4.23. The summed E-state index contributed by atoms with van der Waals surface area (Å²) in [4.78, 5) is 17.3. The maximum atomic E-state index is 12.5. The molecule has 110 valence electrons. The Bertz CT molecular complexity index is 490. The van der Waals surface area contributed by atoms with E-state index < -0.39 is 10.3 Å². The molecule has 1 amide bonds. The molecule has 4 atom stereocenters. The normalized spacial score (nSPS) is 47.6. The first-order valence-electron chi connectivity index (χ1n) is 7.72. The van der Waals surface area contributed by atoms with E-state index in [0.29, 0.717) is 12.6 Å². The van der Waals surface area contributed by atoms with Crippen LogP contribution in [0.25, 0.3) is 0 Å². The molecule has 2 saturated carbocycles. The number of amidine groups is 1. The van der Waals surface area contributed by atoms with Crippen LogP contribution in [0.5, 0.6) is 0 Å². The van der Waals surface area contributed by atoms with Gasteiger partial charge in [0.25, 0.3) is 0 Å². The highest BCUT2D eigenvalue weighted by molar-refractivity contribution is 8.16. The first-order chi connectivity index (χ1) is 9.50. The quantitative estimate of drug-likeness (QED) is 0.807. The number of nitrogens with zero attached hydrogens (tertiary/aromatic N) is 1. The number of thioether (sulfide) groups is 1. The molecule has 0 radical (unpaired) electrons. The summed E-state index contributed by atoms with van der Waals surface area (Å²) in [5.74, 6) is 1.73. The Labute approximate surface area is 124 Å². The van der Waals surface area contributed by atoms with Crippen LogP contribution in [-0.2, 0) is 9.53 Å². The predicted molar refractivity (Wildman–Crippen MR) is 79.8 cm³/mol. The third-order valence-corrected chi connectivity index (χ3v) is 7.36. The number of amides is 1. The predicted octanol–water partition coefficient (Wildman–Crippen LogP) is 2.33. The molecule has 4 rings (SSSR count). The fourth-order valence-electron chi connectivity index (χ4n) is 4.44. The average molecular weight is 294 g/mol. The molecule has 0 aromatic carbocycles. The molecule has 2 unspecified atom stereocenters. The maximum Gasteiger partial charge on any atom is 0.245 e. The highest BCUT2D eigenvalue weighted by Gasteiger charge is 2.60. The van der Waals surface area contributed by atoms with Crippen LogP contribution in [0, 0.1) is 11.8 Å². The Hall–Kier alpha value is -0.550. The van der Waals surface area contributed by atoms with Crippen LogP contribution in [0.4, 0.5) is 0 Å². The minimum atomic E-state index is -0.469. The molecule has 4 fully saturated rings. The molecular weight excluding hydrogens is 272 g/mol. The summed E-state index contributed by atoms with van der Waals surface area (Å²) in [6.45, 7) is 4.70. The third-order valence-electron chi connectivity index (χ3n) is 5.73. The van der Waals surface area contributed by atoms with E-state index in [1.807, 2.05) is 13.8 Å². The highest BCUT2D eigenvalue weighted by atomic mass is 32.2. The van der Waals surface area contributed by atoms with Crippen LogP contribution in [0.1, 0.15) is 46.0 Å². The molecular formula is C15H22N2O2S. The monoisotopic (exact) mass is 294 g/mol. The van der Waals surface area contributed by atoms with Crippen molar-refractivity contribution in [2.45, 2.75) is 62.3 Å². The first kappa shape index (κ1) is 13.1. The van der Waals surface area contributed by atoms with Gasteiger partial charge in [-0.1, -0.05) is 18.2 Å². The van der Waals surface area contributed by atoms with Gasteiger partial charge in [0, 0.05) is 6.61 Å². The van der Waals surface area contributed by atoms with Crippen molar-refractivity contribution in [3.8, 4) is 0 Å². The summed E-state index contributed by atoms with van der Waals surface area (Å²) in [5.41, 5.74) is -0.409. The fourth-order valence-corrected chi connectivity index (χ4v) is 5.74. The molecule has 0 aromatic heterocycles. The molecule has 2 heterocycles. The van der Waals surface area contributed by atoms with Crippen LogP contribution in [0.2, 0.25) is 0 Å². The van der Waals surface area contributed by atoms with E-state index in [2.05, 4.69) is 5.32 Å². The van der Waals surface area contributed by atoms with Gasteiger partial charge in [-0.2, -0.15) is 0 Å². The van der Waals surface area contributed by atoms with Crippen LogP contribution < -0.4 is 5.32 Å². The molecule has 1 spiro atoms. The minimum Gasteiger partial charge on any atom is -0.373 e. The summed E-state index contributed by atoms with van der Waals surface area (Å²) in [7, 11) is 0. The number of hydrogen-bond acceptors (Lipinski definition) is 4. The minimum absolute atomic E-state index is 0.0897. The molecule has 2 bridgehead atoms. The largest absolute Gasteiger partial charge is 0.373 e. The number of carbonyl (C=O) groups is 1. The van der Waals surface area contributed by atoms with Gasteiger partial charge in [-0.25, -0.2) is 0 Å². The lowest BCUT2D eigenvalue weighted by Gasteiger charge is -2.32. The second-order valence-corrected chi connectivity index (χ2v) is 8.46. The zero-order valence-corrected chi connectivity index (χ0v) is 13.0. The summed E-state index contributed by atoms with van der Waals surface area (Å²) >= 11 is 1.61. The standard InChI is InChI=1S/C15H22N2O2S/c1-14(2)15(5-6-19-14)12(18)17-13(20-15)16-11-8-9-3-4-10(11)7-9/h9-11H,3-8H2,1-2H3,(H,16,17,18)/t9-,10?,11+,15?/m1/s1. The SMILES string of the molecule is CC1(C)OCCC12SC(=N[C@H]1C[C@@H]3CCC1C3)NC2=O. The summed E-state index contributed by atoms with van der Waals surface area (Å²) < 4.78 is 5.31. The maximum absolute atomic E-state index is 12.5. The Morgan fingerprint density at radius 3 is 2.80 bits per heavy atom. The van der Waals surface area contributed by atoms with Gasteiger partial charge in [-0.3, -0.25) is 9.79 Å². The molecule has 0 aromatic rings. The Kier molecular flexibility index (Phi) is 2.78. The lowest BCUT2D eigenvalue weighted by molar-refractivity contribution is -0.125. The molecule has 4 aliphatic rings. The van der Waals surface area contributed by atoms with E-state index in [-0.39, 0.29) is 5.91 Å². The van der Waals surface area contributed by atoms with E-state index in [4.69, 9.17) is 9.73 Å². The summed E-state index contributed by atoms with van der Waals surface area (Å²) in [6, 6.07) is 0.442. The molecule has 20 heavy (non-hydrogen) atoms. The molecule has 2 aliphatic carbocycles. The molecule has 2 aliphatic heterocycles. The molecule has 1 N–H and O–H groups in total. The van der Waals surface area contributed by atoms with Gasteiger partial charge in [0.15, 0.2) is 5.17 Å². The highest BCUT2D eigenvalue weighted by Crippen LogP contribution is 2.51. The van der Waals surface area contributed by atoms with Gasteiger partial charge in [0.1, 0.15) is 4.75 Å². The summed E-state index contributed by atoms with van der Waals surface area (Å²) in [5, 5.41) is 3.86. The Balaban J connectivity index is 1.56. The summed E-state index contributed by atoms with van der Waals surface area (Å²) in [6.07, 6.45) is 6.06. The zero-order valence-electron chi connectivity index (χ0n) is 12.1. The fraction of sp³-hybridized carbons (Fsp3) is 0.867. The topological polar surface area (TPSA) is 50.7 Å². The van der Waals surface area contributed by atoms with E-state index in [9.17, 15) is 4.79 Å². The van der Waals surface area contributed by atoms with Crippen molar-refractivity contribution >= 4 is 22.8 Å². The van der Waals surface area contributed by atoms with Crippen LogP contribution in [0.15, 0.2) is 4.99 Å². The Morgan fingerprint density at radius 2 is 2.20 bits per heavy atom.